The minimum absolute atomic E-state index is 0.627. The molecule has 0 N–H and O–H groups in total. The Morgan fingerprint density at radius 3 is 2.89 bits per heavy atom. The van der Waals surface area contributed by atoms with Crippen molar-refractivity contribution in [3.05, 3.63) is 72.6 Å². The lowest BCUT2D eigenvalue weighted by Gasteiger charge is -2.18. The van der Waals surface area contributed by atoms with Gasteiger partial charge in [-0.05, 0) is 55.3 Å². The molecule has 4 heteroatoms. The van der Waals surface area contributed by atoms with E-state index < -0.39 is 5.60 Å². The summed E-state index contributed by atoms with van der Waals surface area (Å²) < 4.78 is 2.23. The molecule has 135 valence electrons. The zero-order chi connectivity index (χ0) is 18.4. The fraction of sp³-hybridized carbons (Fsp3) is 0.261. The van der Waals surface area contributed by atoms with Crippen LogP contribution in [0.1, 0.15) is 18.9 Å². The van der Waals surface area contributed by atoms with E-state index in [-0.39, 0.29) is 0 Å². The molecule has 1 aliphatic rings. The van der Waals surface area contributed by atoms with E-state index in [2.05, 4.69) is 69.2 Å². The quantitative estimate of drug-likeness (QED) is 0.539. The molecule has 1 radical (unpaired) electrons. The molecule has 1 unspecified atom stereocenters. The molecule has 1 fully saturated rings. The van der Waals surface area contributed by atoms with E-state index in [1.165, 1.54) is 16.5 Å². The molecule has 1 aliphatic heterocycles. The SMILES string of the molecule is CC1([O])CCN(Cc2cccc3c2ccn3-c2ccc3ncccc3c2)C1. The minimum atomic E-state index is -0.807. The van der Waals surface area contributed by atoms with Gasteiger partial charge in [0.2, 0.25) is 0 Å². The van der Waals surface area contributed by atoms with Gasteiger partial charge in [0, 0.05) is 48.5 Å². The van der Waals surface area contributed by atoms with Crippen LogP contribution in [0.5, 0.6) is 0 Å². The lowest BCUT2D eigenvalue weighted by molar-refractivity contribution is -0.00392. The molecule has 2 aromatic heterocycles. The largest absolute Gasteiger partial charge is 0.317 e. The second-order valence-electron chi connectivity index (χ2n) is 7.83. The number of nitrogens with zero attached hydrogens (tertiary/aromatic N) is 3. The molecule has 1 saturated heterocycles. The second-order valence-corrected chi connectivity index (χ2v) is 7.83. The summed E-state index contributed by atoms with van der Waals surface area (Å²) in [6, 6.07) is 19.1. The van der Waals surface area contributed by atoms with Crippen LogP contribution in [0.4, 0.5) is 0 Å². The highest BCUT2D eigenvalue weighted by Gasteiger charge is 2.33. The Bertz CT molecular complexity index is 1130. The lowest BCUT2D eigenvalue weighted by atomic mass is 10.1. The fourth-order valence-corrected chi connectivity index (χ4v) is 4.21. The molecule has 4 aromatic rings. The molecule has 0 spiro atoms. The maximum atomic E-state index is 12.2. The summed E-state index contributed by atoms with van der Waals surface area (Å²) in [5.41, 5.74) is 3.81. The van der Waals surface area contributed by atoms with Crippen LogP contribution >= 0.6 is 0 Å². The Morgan fingerprint density at radius 2 is 2.04 bits per heavy atom. The van der Waals surface area contributed by atoms with Crippen LogP contribution < -0.4 is 0 Å². The first-order valence-electron chi connectivity index (χ1n) is 9.46. The van der Waals surface area contributed by atoms with E-state index in [0.29, 0.717) is 6.54 Å². The Morgan fingerprint density at radius 1 is 1.11 bits per heavy atom. The van der Waals surface area contributed by atoms with E-state index >= 15 is 0 Å². The standard InChI is InChI=1S/C23H22N3O/c1-23(27)10-13-25(16-23)15-18-4-2-6-22-20(18)9-12-26(22)19-7-8-21-17(14-19)5-3-11-24-21/h2-9,11-12,14H,10,13,15-16H2,1H3. The Kier molecular flexibility index (Phi) is 3.78. The molecule has 0 saturated carbocycles. The van der Waals surface area contributed by atoms with Crippen LogP contribution in [0.15, 0.2) is 67.0 Å². The van der Waals surface area contributed by atoms with Crippen LogP contribution in [0.2, 0.25) is 0 Å². The van der Waals surface area contributed by atoms with Crippen molar-refractivity contribution in [2.75, 3.05) is 13.1 Å². The third-order valence-corrected chi connectivity index (χ3v) is 5.60. The molecule has 27 heavy (non-hydrogen) atoms. The van der Waals surface area contributed by atoms with Gasteiger partial charge < -0.3 is 4.57 Å². The first-order chi connectivity index (χ1) is 13.1. The molecule has 5 rings (SSSR count). The van der Waals surface area contributed by atoms with Gasteiger partial charge in [0.15, 0.2) is 0 Å². The summed E-state index contributed by atoms with van der Waals surface area (Å²) in [6.07, 6.45) is 4.69. The molecule has 4 nitrogen and oxygen atoms in total. The molecule has 0 bridgehead atoms. The summed E-state index contributed by atoms with van der Waals surface area (Å²) in [4.78, 5) is 6.69. The number of rotatable bonds is 3. The number of likely N-dealkylation sites (tertiary alicyclic amines) is 1. The van der Waals surface area contributed by atoms with Gasteiger partial charge in [0.05, 0.1) is 11.0 Å². The van der Waals surface area contributed by atoms with E-state index in [0.717, 1.165) is 36.1 Å². The second kappa shape index (κ2) is 6.19. The Labute approximate surface area is 158 Å². The van der Waals surface area contributed by atoms with Crippen molar-refractivity contribution in [2.24, 2.45) is 0 Å². The highest BCUT2D eigenvalue weighted by Crippen LogP contribution is 2.28. The van der Waals surface area contributed by atoms with Crippen molar-refractivity contribution in [1.82, 2.24) is 14.5 Å². The zero-order valence-electron chi connectivity index (χ0n) is 15.4. The summed E-state index contributed by atoms with van der Waals surface area (Å²) in [5.74, 6) is 0. The fourth-order valence-electron chi connectivity index (χ4n) is 4.21. The number of hydrogen-bond acceptors (Lipinski definition) is 2. The van der Waals surface area contributed by atoms with Crippen LogP contribution in [0, 0.1) is 0 Å². The Hall–Kier alpha value is -2.69. The molecule has 0 amide bonds. The number of benzene rings is 2. The topological polar surface area (TPSA) is 41.0 Å². The smallest absolute Gasteiger partial charge is 0.115 e. The van der Waals surface area contributed by atoms with E-state index in [9.17, 15) is 5.11 Å². The van der Waals surface area contributed by atoms with Gasteiger partial charge in [-0.25, -0.2) is 5.11 Å². The third kappa shape index (κ3) is 3.01. The number of fused-ring (bicyclic) bond motifs is 2. The van der Waals surface area contributed by atoms with Crippen molar-refractivity contribution in [3.8, 4) is 5.69 Å². The average Bonchev–Trinajstić information content (AvgIpc) is 3.25. The van der Waals surface area contributed by atoms with E-state index in [1.54, 1.807) is 0 Å². The number of pyridine rings is 1. The number of hydrogen-bond donors (Lipinski definition) is 0. The molecule has 2 aromatic carbocycles. The van der Waals surface area contributed by atoms with Gasteiger partial charge >= 0.3 is 0 Å². The zero-order valence-corrected chi connectivity index (χ0v) is 15.4. The van der Waals surface area contributed by atoms with Crippen LogP contribution in [-0.2, 0) is 11.7 Å². The molecular formula is C23H22N3O. The highest BCUT2D eigenvalue weighted by molar-refractivity contribution is 5.87. The van der Waals surface area contributed by atoms with Crippen molar-refractivity contribution in [2.45, 2.75) is 25.5 Å². The minimum Gasteiger partial charge on any atom is -0.317 e. The predicted octanol–water partition coefficient (Wildman–Crippen LogP) is 4.57. The van der Waals surface area contributed by atoms with Gasteiger partial charge in [0.25, 0.3) is 0 Å². The van der Waals surface area contributed by atoms with E-state index in [4.69, 9.17) is 0 Å². The summed E-state index contributed by atoms with van der Waals surface area (Å²) in [6.45, 7) is 4.16. The van der Waals surface area contributed by atoms with Gasteiger partial charge in [-0.3, -0.25) is 9.88 Å². The third-order valence-electron chi connectivity index (χ3n) is 5.60. The average molecular weight is 356 g/mol. The lowest BCUT2D eigenvalue weighted by Crippen LogP contribution is -2.28. The highest BCUT2D eigenvalue weighted by atomic mass is 16.3. The van der Waals surface area contributed by atoms with Crippen LogP contribution in [0.25, 0.3) is 27.5 Å². The molecular weight excluding hydrogens is 334 g/mol. The maximum Gasteiger partial charge on any atom is 0.115 e. The summed E-state index contributed by atoms with van der Waals surface area (Å²) in [5, 5.41) is 14.6. The molecule has 0 aliphatic carbocycles. The number of aromatic nitrogens is 2. The first kappa shape index (κ1) is 16.5. The monoisotopic (exact) mass is 356 g/mol. The van der Waals surface area contributed by atoms with Crippen molar-refractivity contribution in [1.29, 1.82) is 0 Å². The van der Waals surface area contributed by atoms with Crippen molar-refractivity contribution in [3.63, 3.8) is 0 Å². The molecule has 1 atom stereocenters. The summed E-state index contributed by atoms with van der Waals surface area (Å²) >= 11 is 0. The summed E-state index contributed by atoms with van der Waals surface area (Å²) in [7, 11) is 0. The van der Waals surface area contributed by atoms with Gasteiger partial charge in [0.1, 0.15) is 5.60 Å². The van der Waals surface area contributed by atoms with Crippen molar-refractivity contribution >= 4 is 21.8 Å². The Balaban J connectivity index is 1.53. The molecule has 3 heterocycles. The van der Waals surface area contributed by atoms with Gasteiger partial charge in [-0.15, -0.1) is 0 Å². The van der Waals surface area contributed by atoms with Crippen LogP contribution in [-0.4, -0.2) is 33.1 Å². The van der Waals surface area contributed by atoms with Crippen LogP contribution in [0.3, 0.4) is 0 Å². The van der Waals surface area contributed by atoms with Crippen molar-refractivity contribution < 1.29 is 5.11 Å². The predicted molar refractivity (Wildman–Crippen MR) is 108 cm³/mol. The van der Waals surface area contributed by atoms with E-state index in [1.807, 2.05) is 19.2 Å². The van der Waals surface area contributed by atoms with Gasteiger partial charge in [-0.1, -0.05) is 18.2 Å². The van der Waals surface area contributed by atoms with Gasteiger partial charge in [-0.2, -0.15) is 0 Å². The maximum absolute atomic E-state index is 12.2. The normalized spacial score (nSPS) is 20.7. The first-order valence-corrected chi connectivity index (χ1v) is 9.46.